The Labute approximate surface area is 122 Å². The summed E-state index contributed by atoms with van der Waals surface area (Å²) >= 11 is 3.48. The predicted octanol–water partition coefficient (Wildman–Crippen LogP) is 3.88. The minimum absolute atomic E-state index is 0.0552. The lowest BCUT2D eigenvalue weighted by Gasteiger charge is -2.15. The quantitative estimate of drug-likeness (QED) is 0.897. The zero-order valence-electron chi connectivity index (χ0n) is 11.4. The van der Waals surface area contributed by atoms with Crippen molar-refractivity contribution in [2.24, 2.45) is 5.92 Å². The molecule has 1 unspecified atom stereocenters. The number of aliphatic hydroxyl groups is 1. The van der Waals surface area contributed by atoms with Crippen molar-refractivity contribution in [3.63, 3.8) is 0 Å². The van der Waals surface area contributed by atoms with E-state index in [2.05, 4.69) is 45.8 Å². The fourth-order valence-electron chi connectivity index (χ4n) is 2.19. The van der Waals surface area contributed by atoms with Gasteiger partial charge >= 0.3 is 0 Å². The van der Waals surface area contributed by atoms with Crippen LogP contribution in [0.3, 0.4) is 0 Å². The highest BCUT2D eigenvalue weighted by Crippen LogP contribution is 2.28. The Balaban J connectivity index is 2.41. The maximum Gasteiger partial charge on any atom is 0.112 e. The summed E-state index contributed by atoms with van der Waals surface area (Å²) in [6.45, 7) is 6.32. The average molecular weight is 323 g/mol. The van der Waals surface area contributed by atoms with Crippen LogP contribution in [0.15, 0.2) is 28.7 Å². The third-order valence-corrected chi connectivity index (χ3v) is 3.85. The summed E-state index contributed by atoms with van der Waals surface area (Å²) in [6, 6.07) is 8.09. The molecule has 0 saturated carbocycles. The predicted molar refractivity (Wildman–Crippen MR) is 81.1 cm³/mol. The Hall–Kier alpha value is -1.13. The number of hydrogen-bond donors (Lipinski definition) is 2. The number of aromatic nitrogens is 2. The van der Waals surface area contributed by atoms with Crippen molar-refractivity contribution in [1.82, 2.24) is 9.97 Å². The van der Waals surface area contributed by atoms with Crippen LogP contribution in [0.2, 0.25) is 0 Å². The van der Waals surface area contributed by atoms with Crippen LogP contribution < -0.4 is 0 Å². The van der Waals surface area contributed by atoms with E-state index in [-0.39, 0.29) is 12.5 Å². The first-order chi connectivity index (χ1) is 9.02. The number of benzene rings is 1. The lowest BCUT2D eigenvalue weighted by atomic mass is 9.96. The van der Waals surface area contributed by atoms with E-state index in [0.717, 1.165) is 27.2 Å². The van der Waals surface area contributed by atoms with Gasteiger partial charge in [-0.05, 0) is 25.0 Å². The maximum atomic E-state index is 9.50. The second-order valence-corrected chi connectivity index (χ2v) is 6.05. The molecule has 4 heteroatoms. The molecule has 2 aromatic rings. The maximum absolute atomic E-state index is 9.50. The minimum atomic E-state index is 0.0552. The minimum Gasteiger partial charge on any atom is -0.396 e. The lowest BCUT2D eigenvalue weighted by molar-refractivity contribution is 0.232. The van der Waals surface area contributed by atoms with Crippen molar-refractivity contribution < 1.29 is 5.11 Å². The molecule has 2 N–H and O–H groups in total. The van der Waals surface area contributed by atoms with Crippen molar-refractivity contribution in [3.8, 4) is 11.3 Å². The van der Waals surface area contributed by atoms with E-state index in [1.807, 2.05) is 25.1 Å². The molecule has 0 saturated heterocycles. The van der Waals surface area contributed by atoms with Crippen molar-refractivity contribution in [2.75, 3.05) is 6.61 Å². The molecule has 0 spiro atoms. The highest BCUT2D eigenvalue weighted by Gasteiger charge is 2.20. The zero-order valence-corrected chi connectivity index (χ0v) is 13.0. The van der Waals surface area contributed by atoms with Gasteiger partial charge in [0.2, 0.25) is 0 Å². The van der Waals surface area contributed by atoms with Gasteiger partial charge in [0.15, 0.2) is 0 Å². The van der Waals surface area contributed by atoms with Crippen molar-refractivity contribution in [1.29, 1.82) is 0 Å². The molecule has 0 amide bonds. The van der Waals surface area contributed by atoms with Gasteiger partial charge in [-0.15, -0.1) is 0 Å². The van der Waals surface area contributed by atoms with Crippen molar-refractivity contribution >= 4 is 15.9 Å². The number of rotatable bonds is 4. The van der Waals surface area contributed by atoms with Gasteiger partial charge in [0, 0.05) is 21.6 Å². The first-order valence-corrected chi connectivity index (χ1v) is 7.25. The van der Waals surface area contributed by atoms with Gasteiger partial charge in [-0.1, -0.05) is 41.9 Å². The van der Waals surface area contributed by atoms with Crippen LogP contribution in [0.25, 0.3) is 11.3 Å². The second-order valence-electron chi connectivity index (χ2n) is 5.14. The first-order valence-electron chi connectivity index (χ1n) is 6.46. The Morgan fingerprint density at radius 2 is 2.11 bits per heavy atom. The molecule has 2 rings (SSSR count). The van der Waals surface area contributed by atoms with Crippen molar-refractivity contribution in [3.05, 3.63) is 40.3 Å². The van der Waals surface area contributed by atoms with E-state index in [1.165, 1.54) is 0 Å². The second kappa shape index (κ2) is 5.88. The van der Waals surface area contributed by atoms with Gasteiger partial charge in [0.25, 0.3) is 0 Å². The van der Waals surface area contributed by atoms with Crippen LogP contribution in [0.5, 0.6) is 0 Å². The number of aliphatic hydroxyl groups excluding tert-OH is 1. The summed E-state index contributed by atoms with van der Waals surface area (Å²) in [5.41, 5.74) is 3.07. The molecular formula is C15H19BrN2O. The van der Waals surface area contributed by atoms with Gasteiger partial charge in [0.1, 0.15) is 5.82 Å². The van der Waals surface area contributed by atoms with Crippen LogP contribution in [-0.4, -0.2) is 21.7 Å². The molecule has 1 aromatic carbocycles. The van der Waals surface area contributed by atoms with E-state index in [4.69, 9.17) is 0 Å². The molecule has 1 heterocycles. The highest BCUT2D eigenvalue weighted by atomic mass is 79.9. The summed E-state index contributed by atoms with van der Waals surface area (Å²) in [5, 5.41) is 9.50. The Morgan fingerprint density at radius 1 is 1.37 bits per heavy atom. The molecule has 3 nitrogen and oxygen atoms in total. The van der Waals surface area contributed by atoms with Crippen LogP contribution >= 0.6 is 15.9 Å². The molecule has 1 aromatic heterocycles. The van der Waals surface area contributed by atoms with Crippen LogP contribution in [0.1, 0.15) is 31.3 Å². The van der Waals surface area contributed by atoms with E-state index < -0.39 is 0 Å². The number of imidazole rings is 1. The molecular weight excluding hydrogens is 304 g/mol. The monoisotopic (exact) mass is 322 g/mol. The summed E-state index contributed by atoms with van der Waals surface area (Å²) in [7, 11) is 0. The molecule has 0 aliphatic rings. The average Bonchev–Trinajstić information content (AvgIpc) is 2.71. The zero-order chi connectivity index (χ0) is 14.0. The number of aromatic amines is 1. The molecule has 1 atom stereocenters. The smallest absolute Gasteiger partial charge is 0.112 e. The summed E-state index contributed by atoms with van der Waals surface area (Å²) in [4.78, 5) is 7.99. The third-order valence-electron chi connectivity index (χ3n) is 3.35. The van der Waals surface area contributed by atoms with Gasteiger partial charge < -0.3 is 10.1 Å². The molecule has 0 fully saturated rings. The van der Waals surface area contributed by atoms with E-state index in [1.54, 1.807) is 0 Å². The largest absolute Gasteiger partial charge is 0.396 e. The SMILES string of the molecule is Cc1[nH]c(C(CO)C(C)C)nc1-c1cccc(Br)c1. The topological polar surface area (TPSA) is 48.9 Å². The summed E-state index contributed by atoms with van der Waals surface area (Å²) in [6.07, 6.45) is 0. The number of hydrogen-bond acceptors (Lipinski definition) is 2. The Morgan fingerprint density at radius 3 is 2.68 bits per heavy atom. The van der Waals surface area contributed by atoms with E-state index >= 15 is 0 Å². The van der Waals surface area contributed by atoms with Crippen molar-refractivity contribution in [2.45, 2.75) is 26.7 Å². The third kappa shape index (κ3) is 3.07. The lowest BCUT2D eigenvalue weighted by Crippen LogP contribution is -2.12. The van der Waals surface area contributed by atoms with Crippen LogP contribution in [-0.2, 0) is 0 Å². The van der Waals surface area contributed by atoms with Gasteiger partial charge in [0.05, 0.1) is 12.3 Å². The van der Waals surface area contributed by atoms with E-state index in [9.17, 15) is 5.11 Å². The molecule has 0 aliphatic carbocycles. The first kappa shape index (κ1) is 14.3. The molecule has 19 heavy (non-hydrogen) atoms. The standard InChI is InChI=1S/C15H19BrN2O/c1-9(2)13(8-19)15-17-10(3)14(18-15)11-5-4-6-12(16)7-11/h4-7,9,13,19H,8H2,1-3H3,(H,17,18). The molecule has 0 radical (unpaired) electrons. The van der Waals surface area contributed by atoms with Gasteiger partial charge in [-0.25, -0.2) is 4.98 Å². The summed E-state index contributed by atoms with van der Waals surface area (Å²) in [5.74, 6) is 1.27. The number of halogens is 1. The Bertz CT molecular complexity index is 563. The molecule has 0 bridgehead atoms. The normalized spacial score (nSPS) is 12.9. The molecule has 102 valence electrons. The highest BCUT2D eigenvalue weighted by molar-refractivity contribution is 9.10. The number of nitrogens with one attached hydrogen (secondary N) is 1. The van der Waals surface area contributed by atoms with E-state index in [0.29, 0.717) is 5.92 Å². The number of H-pyrrole nitrogens is 1. The van der Waals surface area contributed by atoms with Crippen LogP contribution in [0.4, 0.5) is 0 Å². The fourth-order valence-corrected chi connectivity index (χ4v) is 2.59. The number of aryl methyl sites for hydroxylation is 1. The van der Waals surface area contributed by atoms with Gasteiger partial charge in [-0.2, -0.15) is 0 Å². The molecule has 0 aliphatic heterocycles. The number of nitrogens with zero attached hydrogens (tertiary/aromatic N) is 1. The summed E-state index contributed by atoms with van der Waals surface area (Å²) < 4.78 is 1.04. The fraction of sp³-hybridized carbons (Fsp3) is 0.400. The Kier molecular flexibility index (Phi) is 4.42. The van der Waals surface area contributed by atoms with Crippen LogP contribution in [0, 0.1) is 12.8 Å². The van der Waals surface area contributed by atoms with Gasteiger partial charge in [-0.3, -0.25) is 0 Å².